The molecule has 0 fully saturated rings. The number of rotatable bonds is 6. The lowest BCUT2D eigenvalue weighted by Gasteiger charge is -2.29. The lowest BCUT2D eigenvalue weighted by Crippen LogP contribution is -2.13. The van der Waals surface area contributed by atoms with Gasteiger partial charge in [-0.3, -0.25) is 0 Å². The van der Waals surface area contributed by atoms with Crippen LogP contribution in [0.4, 0.5) is 0 Å². The number of benzene rings is 8. The van der Waals surface area contributed by atoms with E-state index in [1.54, 1.807) is 0 Å². The van der Waals surface area contributed by atoms with E-state index in [0.717, 1.165) is 50.8 Å². The van der Waals surface area contributed by atoms with Gasteiger partial charge in [0.1, 0.15) is 11.2 Å². The number of nitrogens with zero attached hydrogens (tertiary/aromatic N) is 3. The number of furan rings is 1. The molecular weight excluding hydrogens is 695 g/mol. The van der Waals surface area contributed by atoms with Gasteiger partial charge in [-0.25, -0.2) is 15.0 Å². The van der Waals surface area contributed by atoms with Crippen LogP contribution in [0.2, 0.25) is 0 Å². The highest BCUT2D eigenvalue weighted by Crippen LogP contribution is 2.47. The van der Waals surface area contributed by atoms with Crippen LogP contribution >= 0.6 is 0 Å². The van der Waals surface area contributed by atoms with Gasteiger partial charge in [-0.15, -0.1) is 0 Å². The Bertz CT molecular complexity index is 3040. The van der Waals surface area contributed by atoms with Gasteiger partial charge in [0.05, 0.1) is 0 Å². The Kier molecular flexibility index (Phi) is 7.92. The average molecular weight is 730 g/mol. The molecular formula is C53H35N3O. The lowest BCUT2D eigenvalue weighted by atomic mass is 9.74. The molecule has 1 unspecified atom stereocenters. The fourth-order valence-corrected chi connectivity index (χ4v) is 8.57. The summed E-state index contributed by atoms with van der Waals surface area (Å²) in [5.41, 5.74) is 15.8. The highest BCUT2D eigenvalue weighted by Gasteiger charge is 2.28. The summed E-state index contributed by atoms with van der Waals surface area (Å²) in [6, 6.07) is 68.3. The summed E-state index contributed by atoms with van der Waals surface area (Å²) in [7, 11) is 0. The molecule has 57 heavy (non-hydrogen) atoms. The summed E-state index contributed by atoms with van der Waals surface area (Å²) < 4.78 is 6.68. The van der Waals surface area contributed by atoms with Crippen molar-refractivity contribution in [3.05, 3.63) is 211 Å². The van der Waals surface area contributed by atoms with Crippen molar-refractivity contribution in [3.8, 4) is 67.5 Å². The van der Waals surface area contributed by atoms with Gasteiger partial charge in [0, 0.05) is 33.4 Å². The smallest absolute Gasteiger partial charge is 0.164 e. The Morgan fingerprint density at radius 3 is 1.65 bits per heavy atom. The molecule has 8 aromatic carbocycles. The Labute approximate surface area is 330 Å². The molecule has 0 saturated heterocycles. The van der Waals surface area contributed by atoms with E-state index in [4.69, 9.17) is 19.4 Å². The van der Waals surface area contributed by atoms with Crippen molar-refractivity contribution >= 4 is 21.9 Å². The molecule has 0 bridgehead atoms. The summed E-state index contributed by atoms with van der Waals surface area (Å²) in [4.78, 5) is 14.8. The maximum Gasteiger partial charge on any atom is 0.164 e. The molecule has 4 nitrogen and oxygen atoms in total. The van der Waals surface area contributed by atoms with Crippen LogP contribution in [-0.4, -0.2) is 15.0 Å². The standard InChI is InChI=1S/C53H35N3O/c1-4-14-34(15-5-1)38-26-27-40-32-47(43-23-11-10-22-42(43)46(40)31-38)44-24-13-25-48-50(44)45-29-28-39(33-49(45)57-48)37-20-12-21-41(30-37)53-55-51(35-16-6-2-7-17-35)54-52(56-53)36-18-8-3-9-19-36/h1-31,33,47H,32H2. The summed E-state index contributed by atoms with van der Waals surface area (Å²) >= 11 is 0. The first-order valence-corrected chi connectivity index (χ1v) is 19.4. The fraction of sp³-hybridized carbons (Fsp3) is 0.0377. The first-order chi connectivity index (χ1) is 28.2. The topological polar surface area (TPSA) is 51.8 Å². The number of fused-ring (bicyclic) bond motifs is 6. The molecule has 2 aromatic heterocycles. The van der Waals surface area contributed by atoms with Crippen LogP contribution < -0.4 is 0 Å². The largest absolute Gasteiger partial charge is 0.456 e. The molecule has 2 heterocycles. The third-order valence-corrected chi connectivity index (χ3v) is 11.3. The van der Waals surface area contributed by atoms with Crippen LogP contribution in [0.1, 0.15) is 22.6 Å². The zero-order valence-electron chi connectivity index (χ0n) is 31.0. The number of hydrogen-bond donors (Lipinski definition) is 0. The molecule has 0 N–H and O–H groups in total. The molecule has 268 valence electrons. The second-order valence-corrected chi connectivity index (χ2v) is 14.7. The van der Waals surface area contributed by atoms with E-state index in [-0.39, 0.29) is 5.92 Å². The molecule has 0 spiro atoms. The Hall–Kier alpha value is -7.43. The molecule has 0 saturated carbocycles. The maximum atomic E-state index is 6.68. The van der Waals surface area contributed by atoms with Gasteiger partial charge < -0.3 is 4.42 Å². The second-order valence-electron chi connectivity index (χ2n) is 14.7. The van der Waals surface area contributed by atoms with Gasteiger partial charge in [-0.2, -0.15) is 0 Å². The Morgan fingerprint density at radius 1 is 0.368 bits per heavy atom. The number of aromatic nitrogens is 3. The summed E-state index contributed by atoms with van der Waals surface area (Å²) in [6.45, 7) is 0. The molecule has 0 radical (unpaired) electrons. The van der Waals surface area contributed by atoms with E-state index in [0.29, 0.717) is 17.5 Å². The monoisotopic (exact) mass is 729 g/mol. The van der Waals surface area contributed by atoms with Gasteiger partial charge in [0.15, 0.2) is 17.5 Å². The summed E-state index contributed by atoms with van der Waals surface area (Å²) in [6.07, 6.45) is 0.924. The van der Waals surface area contributed by atoms with Crippen molar-refractivity contribution in [2.24, 2.45) is 0 Å². The van der Waals surface area contributed by atoms with Crippen molar-refractivity contribution in [2.75, 3.05) is 0 Å². The SMILES string of the molecule is c1ccc(-c2ccc3c(c2)-c2ccccc2C(c2cccc4oc5cc(-c6cccc(-c7nc(-c8ccccc8)nc(-c8ccccc8)n7)c6)ccc5c24)C3)cc1. The minimum Gasteiger partial charge on any atom is -0.456 e. The van der Waals surface area contributed by atoms with Gasteiger partial charge >= 0.3 is 0 Å². The van der Waals surface area contributed by atoms with E-state index in [9.17, 15) is 0 Å². The van der Waals surface area contributed by atoms with E-state index in [1.807, 2.05) is 60.7 Å². The Balaban J connectivity index is 0.977. The summed E-state index contributed by atoms with van der Waals surface area (Å²) in [5.74, 6) is 2.11. The highest BCUT2D eigenvalue weighted by molar-refractivity contribution is 6.08. The molecule has 1 aliphatic carbocycles. The van der Waals surface area contributed by atoms with Crippen LogP contribution in [0.3, 0.4) is 0 Å². The summed E-state index contributed by atoms with van der Waals surface area (Å²) in [5, 5.41) is 2.31. The molecule has 10 aromatic rings. The first kappa shape index (κ1) is 33.0. The second kappa shape index (κ2) is 13.7. The molecule has 4 heteroatoms. The van der Waals surface area contributed by atoms with Crippen molar-refractivity contribution < 1.29 is 4.42 Å². The lowest BCUT2D eigenvalue weighted by molar-refractivity contribution is 0.668. The molecule has 1 aliphatic rings. The van der Waals surface area contributed by atoms with E-state index >= 15 is 0 Å². The van der Waals surface area contributed by atoms with Crippen LogP contribution in [0.25, 0.3) is 89.5 Å². The van der Waals surface area contributed by atoms with Crippen molar-refractivity contribution in [1.29, 1.82) is 0 Å². The van der Waals surface area contributed by atoms with Crippen LogP contribution in [0.5, 0.6) is 0 Å². The highest BCUT2D eigenvalue weighted by atomic mass is 16.3. The van der Waals surface area contributed by atoms with E-state index < -0.39 is 0 Å². The van der Waals surface area contributed by atoms with Crippen LogP contribution in [0, 0.1) is 0 Å². The Morgan fingerprint density at radius 2 is 0.912 bits per heavy atom. The van der Waals surface area contributed by atoms with Crippen molar-refractivity contribution in [2.45, 2.75) is 12.3 Å². The van der Waals surface area contributed by atoms with Crippen molar-refractivity contribution in [1.82, 2.24) is 15.0 Å². The fourth-order valence-electron chi connectivity index (χ4n) is 8.57. The van der Waals surface area contributed by atoms with Crippen molar-refractivity contribution in [3.63, 3.8) is 0 Å². The third kappa shape index (κ3) is 5.90. The predicted octanol–water partition coefficient (Wildman–Crippen LogP) is 13.5. The van der Waals surface area contributed by atoms with Gasteiger partial charge in [-0.1, -0.05) is 164 Å². The van der Waals surface area contributed by atoms with Crippen LogP contribution in [0.15, 0.2) is 199 Å². The van der Waals surface area contributed by atoms with Gasteiger partial charge in [-0.05, 0) is 86.8 Å². The van der Waals surface area contributed by atoms with Gasteiger partial charge in [0.25, 0.3) is 0 Å². The molecule has 1 atom stereocenters. The normalized spacial score (nSPS) is 13.4. The van der Waals surface area contributed by atoms with Gasteiger partial charge in [0.2, 0.25) is 0 Å². The minimum atomic E-state index is 0.194. The number of hydrogen-bond acceptors (Lipinski definition) is 4. The molecule has 11 rings (SSSR count). The zero-order chi connectivity index (χ0) is 37.7. The van der Waals surface area contributed by atoms with E-state index in [1.165, 1.54) is 44.3 Å². The third-order valence-electron chi connectivity index (χ3n) is 11.3. The molecule has 0 amide bonds. The predicted molar refractivity (Wildman–Crippen MR) is 232 cm³/mol. The minimum absolute atomic E-state index is 0.194. The average Bonchev–Trinajstić information content (AvgIpc) is 3.68. The zero-order valence-corrected chi connectivity index (χ0v) is 31.0. The quantitative estimate of drug-likeness (QED) is 0.171. The molecule has 0 aliphatic heterocycles. The maximum absolute atomic E-state index is 6.68. The van der Waals surface area contributed by atoms with E-state index in [2.05, 4.69) is 133 Å². The first-order valence-electron chi connectivity index (χ1n) is 19.4. The van der Waals surface area contributed by atoms with Crippen LogP contribution in [-0.2, 0) is 6.42 Å².